The number of nitrogens with zero attached hydrogens (tertiary/aromatic N) is 2. The van der Waals surface area contributed by atoms with Gasteiger partial charge in [0.2, 0.25) is 0 Å². The van der Waals surface area contributed by atoms with Crippen molar-refractivity contribution in [1.82, 2.24) is 4.98 Å². The van der Waals surface area contributed by atoms with Crippen LogP contribution in [0.2, 0.25) is 0 Å². The highest BCUT2D eigenvalue weighted by atomic mass is 19.4. The van der Waals surface area contributed by atoms with Crippen LogP contribution >= 0.6 is 0 Å². The molecule has 1 aromatic heterocycles. The lowest BCUT2D eigenvalue weighted by atomic mass is 10.0. The molecule has 0 fully saturated rings. The zero-order valence-corrected chi connectivity index (χ0v) is 9.69. The maximum Gasteiger partial charge on any atom is 0.417 e. The predicted molar refractivity (Wildman–Crippen MR) is 61.3 cm³/mol. The highest BCUT2D eigenvalue weighted by Gasteiger charge is 2.33. The van der Waals surface area contributed by atoms with Crippen molar-refractivity contribution >= 4 is 5.69 Å². The van der Waals surface area contributed by atoms with Crippen LogP contribution in [0.4, 0.5) is 23.2 Å². The van der Waals surface area contributed by atoms with Gasteiger partial charge in [-0.3, -0.25) is 10.1 Å². The van der Waals surface area contributed by atoms with Crippen molar-refractivity contribution in [3.05, 3.63) is 58.2 Å². The van der Waals surface area contributed by atoms with Crippen LogP contribution in [-0.2, 0) is 6.18 Å². The summed E-state index contributed by atoms with van der Waals surface area (Å²) in [6, 6.07) is 5.25. The summed E-state index contributed by atoms with van der Waals surface area (Å²) in [6.45, 7) is 0. The maximum absolute atomic E-state index is 13.1. The third kappa shape index (κ3) is 2.58. The molecule has 0 atom stereocenters. The van der Waals surface area contributed by atoms with Crippen LogP contribution in [0, 0.1) is 16.1 Å². The molecular formula is C12H6F4N2O2. The topological polar surface area (TPSA) is 56.0 Å². The second-order valence-corrected chi connectivity index (χ2v) is 3.83. The molecule has 0 aliphatic rings. The molecular weight excluding hydrogens is 280 g/mol. The van der Waals surface area contributed by atoms with E-state index in [-0.39, 0.29) is 11.1 Å². The van der Waals surface area contributed by atoms with Crippen molar-refractivity contribution in [2.75, 3.05) is 0 Å². The normalized spacial score (nSPS) is 11.4. The molecule has 0 aliphatic heterocycles. The first-order chi connectivity index (χ1) is 9.30. The molecule has 0 spiro atoms. The molecule has 0 saturated heterocycles. The van der Waals surface area contributed by atoms with E-state index >= 15 is 0 Å². The second kappa shape index (κ2) is 4.87. The van der Waals surface area contributed by atoms with E-state index in [0.29, 0.717) is 0 Å². The Labute approximate surface area is 109 Å². The standard InChI is InChI=1S/C12H6F4N2O2/c13-11-10(18(19)20)5-7(6-17-11)8-3-1-2-4-9(8)12(14,15)16/h1-6H. The minimum Gasteiger partial charge on any atom is -0.258 e. The highest BCUT2D eigenvalue weighted by molar-refractivity contribution is 5.69. The molecule has 4 nitrogen and oxygen atoms in total. The van der Waals surface area contributed by atoms with E-state index < -0.39 is 28.3 Å². The van der Waals surface area contributed by atoms with Gasteiger partial charge in [0, 0.05) is 17.8 Å². The zero-order chi connectivity index (χ0) is 14.9. The van der Waals surface area contributed by atoms with E-state index in [1.807, 2.05) is 0 Å². The monoisotopic (exact) mass is 286 g/mol. The second-order valence-electron chi connectivity index (χ2n) is 3.83. The van der Waals surface area contributed by atoms with E-state index in [1.54, 1.807) is 0 Å². The van der Waals surface area contributed by atoms with Gasteiger partial charge in [0.15, 0.2) is 0 Å². The third-order valence-electron chi connectivity index (χ3n) is 2.56. The summed E-state index contributed by atoms with van der Waals surface area (Å²) >= 11 is 0. The summed E-state index contributed by atoms with van der Waals surface area (Å²) in [5, 5.41) is 10.6. The first-order valence-electron chi connectivity index (χ1n) is 5.27. The number of benzene rings is 1. The average Bonchev–Trinajstić information content (AvgIpc) is 2.38. The van der Waals surface area contributed by atoms with Gasteiger partial charge in [-0.05, 0) is 11.6 Å². The Morgan fingerprint density at radius 3 is 2.45 bits per heavy atom. The van der Waals surface area contributed by atoms with E-state index in [2.05, 4.69) is 4.98 Å². The molecule has 0 saturated carbocycles. The van der Waals surface area contributed by atoms with Gasteiger partial charge in [-0.1, -0.05) is 18.2 Å². The van der Waals surface area contributed by atoms with Crippen molar-refractivity contribution in [2.45, 2.75) is 6.18 Å². The molecule has 2 rings (SSSR count). The number of nitro groups is 1. The molecule has 0 aliphatic carbocycles. The fourth-order valence-electron chi connectivity index (χ4n) is 1.69. The number of aromatic nitrogens is 1. The van der Waals surface area contributed by atoms with Crippen LogP contribution in [-0.4, -0.2) is 9.91 Å². The van der Waals surface area contributed by atoms with Crippen LogP contribution in [0.5, 0.6) is 0 Å². The lowest BCUT2D eigenvalue weighted by Crippen LogP contribution is -2.07. The van der Waals surface area contributed by atoms with Gasteiger partial charge in [0.1, 0.15) is 0 Å². The lowest BCUT2D eigenvalue weighted by molar-refractivity contribution is -0.388. The van der Waals surface area contributed by atoms with Crippen LogP contribution in [0.1, 0.15) is 5.56 Å². The van der Waals surface area contributed by atoms with Gasteiger partial charge >= 0.3 is 11.9 Å². The number of halogens is 4. The molecule has 1 aromatic carbocycles. The van der Waals surface area contributed by atoms with E-state index in [9.17, 15) is 27.7 Å². The molecule has 0 bridgehead atoms. The molecule has 8 heteroatoms. The summed E-state index contributed by atoms with van der Waals surface area (Å²) in [4.78, 5) is 12.7. The van der Waals surface area contributed by atoms with E-state index in [4.69, 9.17) is 0 Å². The molecule has 0 amide bonds. The van der Waals surface area contributed by atoms with Crippen molar-refractivity contribution in [2.24, 2.45) is 0 Å². The fourth-order valence-corrected chi connectivity index (χ4v) is 1.69. The Hall–Kier alpha value is -2.51. The zero-order valence-electron chi connectivity index (χ0n) is 9.69. The summed E-state index contributed by atoms with van der Waals surface area (Å²) in [5.74, 6) is -1.34. The molecule has 0 radical (unpaired) electrons. The van der Waals surface area contributed by atoms with E-state index in [1.165, 1.54) is 12.1 Å². The van der Waals surface area contributed by atoms with Gasteiger partial charge in [0.25, 0.3) is 5.95 Å². The van der Waals surface area contributed by atoms with Crippen LogP contribution in [0.15, 0.2) is 36.5 Å². The maximum atomic E-state index is 13.1. The molecule has 0 unspecified atom stereocenters. The molecule has 0 N–H and O–H groups in total. The Bertz CT molecular complexity index is 671. The lowest BCUT2D eigenvalue weighted by Gasteiger charge is -2.12. The number of pyridine rings is 1. The highest BCUT2D eigenvalue weighted by Crippen LogP contribution is 2.37. The summed E-state index contributed by atoms with van der Waals surface area (Å²) in [5.41, 5.74) is -2.41. The SMILES string of the molecule is O=[N+]([O-])c1cc(-c2ccccc2C(F)(F)F)cnc1F. The van der Waals surface area contributed by atoms with Gasteiger partial charge in [-0.15, -0.1) is 0 Å². The van der Waals surface area contributed by atoms with Crippen LogP contribution in [0.3, 0.4) is 0 Å². The Morgan fingerprint density at radius 2 is 1.85 bits per heavy atom. The molecule has 20 heavy (non-hydrogen) atoms. The molecule has 2 aromatic rings. The van der Waals surface area contributed by atoms with Gasteiger partial charge in [-0.25, -0.2) is 4.98 Å². The Kier molecular flexibility index (Phi) is 3.39. The predicted octanol–water partition coefficient (Wildman–Crippen LogP) is 3.81. The first kappa shape index (κ1) is 13.9. The molecule has 104 valence electrons. The van der Waals surface area contributed by atoms with Crippen molar-refractivity contribution in [3.63, 3.8) is 0 Å². The quantitative estimate of drug-likeness (QED) is 0.365. The van der Waals surface area contributed by atoms with Crippen LogP contribution < -0.4 is 0 Å². The number of rotatable bonds is 2. The number of hydrogen-bond donors (Lipinski definition) is 0. The fraction of sp³-hybridized carbons (Fsp3) is 0.0833. The first-order valence-corrected chi connectivity index (χ1v) is 5.27. The van der Waals surface area contributed by atoms with Crippen molar-refractivity contribution < 1.29 is 22.5 Å². The van der Waals surface area contributed by atoms with E-state index in [0.717, 1.165) is 24.4 Å². The smallest absolute Gasteiger partial charge is 0.258 e. The minimum absolute atomic E-state index is 0.175. The summed E-state index contributed by atoms with van der Waals surface area (Å²) < 4.78 is 51.6. The van der Waals surface area contributed by atoms with Gasteiger partial charge in [-0.2, -0.15) is 17.6 Å². The number of alkyl halides is 3. The average molecular weight is 286 g/mol. The third-order valence-corrected chi connectivity index (χ3v) is 2.56. The van der Waals surface area contributed by atoms with Crippen molar-refractivity contribution in [1.29, 1.82) is 0 Å². The van der Waals surface area contributed by atoms with Crippen LogP contribution in [0.25, 0.3) is 11.1 Å². The van der Waals surface area contributed by atoms with Gasteiger partial charge in [0.05, 0.1) is 10.5 Å². The Balaban J connectivity index is 2.64. The van der Waals surface area contributed by atoms with Crippen molar-refractivity contribution in [3.8, 4) is 11.1 Å². The molecule has 1 heterocycles. The largest absolute Gasteiger partial charge is 0.417 e. The number of hydrogen-bond acceptors (Lipinski definition) is 3. The Morgan fingerprint density at radius 1 is 1.20 bits per heavy atom. The minimum atomic E-state index is -4.63. The summed E-state index contributed by atoms with van der Waals surface area (Å²) in [7, 11) is 0. The van der Waals surface area contributed by atoms with Gasteiger partial charge < -0.3 is 0 Å². The summed E-state index contributed by atoms with van der Waals surface area (Å²) in [6.07, 6.45) is -3.80.